The molecule has 1 saturated heterocycles. The van der Waals surface area contributed by atoms with Crippen molar-refractivity contribution in [2.75, 3.05) is 33.3 Å². The summed E-state index contributed by atoms with van der Waals surface area (Å²) in [5.74, 6) is -0.835. The number of benzene rings is 3. The number of carbonyl (C=O) groups excluding carboxylic acids is 3. The number of piperidine rings is 1. The summed E-state index contributed by atoms with van der Waals surface area (Å²) in [4.78, 5) is 43.1. The first-order valence-corrected chi connectivity index (χ1v) is 14.9. The van der Waals surface area contributed by atoms with Crippen molar-refractivity contribution in [3.05, 3.63) is 94.5 Å². The Bertz CT molecular complexity index is 1480. The van der Waals surface area contributed by atoms with Gasteiger partial charge < -0.3 is 15.0 Å². The van der Waals surface area contributed by atoms with Crippen LogP contribution in [0.2, 0.25) is 5.02 Å². The number of likely N-dealkylation sites (tertiary alicyclic amines) is 1. The van der Waals surface area contributed by atoms with Gasteiger partial charge in [-0.2, -0.15) is 5.26 Å². The Kier molecular flexibility index (Phi) is 10.6. The zero-order chi connectivity index (χ0) is 31.0. The molecule has 0 aliphatic carbocycles. The van der Waals surface area contributed by atoms with Crippen molar-refractivity contribution < 1.29 is 19.1 Å². The molecule has 1 N–H and O–H groups in total. The van der Waals surface area contributed by atoms with Crippen molar-refractivity contribution >= 4 is 29.5 Å². The fourth-order valence-corrected chi connectivity index (χ4v) is 5.52. The van der Waals surface area contributed by atoms with E-state index < -0.39 is 23.4 Å². The summed E-state index contributed by atoms with van der Waals surface area (Å²) in [6.45, 7) is 6.59. The zero-order valence-corrected chi connectivity index (χ0v) is 25.6. The molecule has 43 heavy (non-hydrogen) atoms. The van der Waals surface area contributed by atoms with Gasteiger partial charge in [-0.15, -0.1) is 0 Å². The topological polar surface area (TPSA) is 103 Å². The van der Waals surface area contributed by atoms with Gasteiger partial charge in [0.2, 0.25) is 0 Å². The van der Waals surface area contributed by atoms with E-state index in [-0.39, 0.29) is 12.5 Å². The molecule has 1 atom stereocenters. The van der Waals surface area contributed by atoms with Gasteiger partial charge in [-0.25, -0.2) is 9.59 Å². The summed E-state index contributed by atoms with van der Waals surface area (Å²) in [6.07, 6.45) is 1.54. The molecule has 9 heteroatoms. The molecule has 1 unspecified atom stereocenters. The van der Waals surface area contributed by atoms with Crippen LogP contribution in [0, 0.1) is 11.3 Å². The minimum absolute atomic E-state index is 0.105. The molecule has 1 aliphatic rings. The van der Waals surface area contributed by atoms with Gasteiger partial charge in [-0.1, -0.05) is 67.9 Å². The van der Waals surface area contributed by atoms with Crippen molar-refractivity contribution in [3.8, 4) is 17.2 Å². The normalized spacial score (nSPS) is 15.1. The maximum Gasteiger partial charge on any atom is 0.337 e. The maximum absolute atomic E-state index is 13.9. The fraction of sp³-hybridized carbons (Fsp3) is 0.353. The first-order chi connectivity index (χ1) is 20.7. The first kappa shape index (κ1) is 31.7. The van der Waals surface area contributed by atoms with E-state index in [4.69, 9.17) is 16.3 Å². The van der Waals surface area contributed by atoms with E-state index >= 15 is 0 Å². The number of esters is 1. The highest BCUT2D eigenvalue weighted by molar-refractivity contribution is 6.33. The number of urea groups is 1. The summed E-state index contributed by atoms with van der Waals surface area (Å²) in [7, 11) is 1.31. The van der Waals surface area contributed by atoms with Gasteiger partial charge in [0.15, 0.2) is 0 Å². The van der Waals surface area contributed by atoms with Gasteiger partial charge >= 0.3 is 12.0 Å². The lowest BCUT2D eigenvalue weighted by molar-refractivity contribution is 0.0600. The van der Waals surface area contributed by atoms with Crippen LogP contribution in [0.5, 0.6) is 0 Å². The average Bonchev–Trinajstić information content (AvgIpc) is 3.05. The van der Waals surface area contributed by atoms with Crippen molar-refractivity contribution in [3.63, 3.8) is 0 Å². The lowest BCUT2D eigenvalue weighted by atomic mass is 9.89. The number of nitrogens with one attached hydrogen (secondary N) is 1. The molecular weight excluding hydrogens is 564 g/mol. The Morgan fingerprint density at radius 3 is 2.30 bits per heavy atom. The van der Waals surface area contributed by atoms with Crippen LogP contribution in [0.15, 0.2) is 72.8 Å². The number of hydrogen-bond acceptors (Lipinski definition) is 6. The van der Waals surface area contributed by atoms with Crippen molar-refractivity contribution in [2.45, 2.75) is 44.6 Å². The maximum atomic E-state index is 13.9. The second kappa shape index (κ2) is 14.3. The molecule has 0 aromatic heterocycles. The summed E-state index contributed by atoms with van der Waals surface area (Å²) in [5, 5.41) is 13.4. The SMILES string of the molecule is CCN1CCC(C#N)(NC(=O)N(CCC(C)c2ccccc2)C(=O)c2ccc(-c3cc(C(=O)OC)ccc3Cl)cc2)CC1. The minimum Gasteiger partial charge on any atom is -0.465 e. The Morgan fingerprint density at radius 1 is 1.05 bits per heavy atom. The minimum atomic E-state index is -1.03. The van der Waals surface area contributed by atoms with Crippen LogP contribution in [0.4, 0.5) is 4.79 Å². The quantitative estimate of drug-likeness (QED) is 0.281. The number of amides is 3. The lowest BCUT2D eigenvalue weighted by Gasteiger charge is -2.38. The molecule has 1 fully saturated rings. The van der Waals surface area contributed by atoms with Crippen LogP contribution < -0.4 is 5.32 Å². The number of nitriles is 1. The number of nitrogens with zero attached hydrogens (tertiary/aromatic N) is 3. The van der Waals surface area contributed by atoms with Crippen molar-refractivity contribution in [1.29, 1.82) is 5.26 Å². The van der Waals surface area contributed by atoms with Gasteiger partial charge in [0.05, 0.1) is 18.7 Å². The van der Waals surface area contributed by atoms with Crippen LogP contribution in [0.25, 0.3) is 11.1 Å². The van der Waals surface area contributed by atoms with Crippen LogP contribution in [-0.2, 0) is 4.74 Å². The molecule has 0 radical (unpaired) electrons. The van der Waals surface area contributed by atoms with Crippen LogP contribution in [0.3, 0.4) is 0 Å². The van der Waals surface area contributed by atoms with Crippen LogP contribution in [-0.4, -0.2) is 66.5 Å². The molecule has 0 saturated carbocycles. The zero-order valence-electron chi connectivity index (χ0n) is 24.8. The highest BCUT2D eigenvalue weighted by Gasteiger charge is 2.38. The summed E-state index contributed by atoms with van der Waals surface area (Å²) < 4.78 is 4.82. The van der Waals surface area contributed by atoms with E-state index in [9.17, 15) is 19.6 Å². The third kappa shape index (κ3) is 7.61. The standard InChI is InChI=1S/C34H37ClN4O4/c1-4-38-20-17-34(23-36,18-21-38)37-33(42)39(19-16-24(2)25-8-6-5-7-9-25)31(40)27-12-10-26(11-13-27)29-22-28(32(41)43-3)14-15-30(29)35/h5-15,22,24H,4,16-21H2,1-3H3,(H,37,42). The van der Waals surface area contributed by atoms with E-state index in [1.165, 1.54) is 12.0 Å². The predicted octanol–water partition coefficient (Wildman–Crippen LogP) is 6.52. The van der Waals surface area contributed by atoms with Gasteiger partial charge in [-0.05, 0) is 73.2 Å². The fourth-order valence-electron chi connectivity index (χ4n) is 5.29. The number of halogens is 1. The molecule has 1 heterocycles. The summed E-state index contributed by atoms with van der Waals surface area (Å²) in [6, 6.07) is 23.3. The van der Waals surface area contributed by atoms with Gasteiger partial charge in [0, 0.05) is 35.8 Å². The number of ether oxygens (including phenoxy) is 1. The molecule has 3 amide bonds. The number of rotatable bonds is 9. The first-order valence-electron chi connectivity index (χ1n) is 14.5. The van der Waals surface area contributed by atoms with Gasteiger partial charge in [0.1, 0.15) is 5.54 Å². The van der Waals surface area contributed by atoms with Crippen molar-refractivity contribution in [1.82, 2.24) is 15.1 Å². The predicted molar refractivity (Wildman–Crippen MR) is 167 cm³/mol. The molecule has 3 aromatic rings. The molecule has 3 aromatic carbocycles. The van der Waals surface area contributed by atoms with E-state index in [2.05, 4.69) is 30.1 Å². The Labute approximate surface area is 258 Å². The third-order valence-electron chi connectivity index (χ3n) is 8.19. The molecule has 0 spiro atoms. The number of methoxy groups -OCH3 is 1. The van der Waals surface area contributed by atoms with E-state index in [0.29, 0.717) is 59.6 Å². The summed E-state index contributed by atoms with van der Waals surface area (Å²) in [5.41, 5.74) is 2.08. The van der Waals surface area contributed by atoms with E-state index in [0.717, 1.165) is 12.1 Å². The highest BCUT2D eigenvalue weighted by Crippen LogP contribution is 2.30. The van der Waals surface area contributed by atoms with Crippen LogP contribution in [0.1, 0.15) is 65.3 Å². The molecule has 224 valence electrons. The molecule has 1 aliphatic heterocycles. The van der Waals surface area contributed by atoms with Crippen LogP contribution >= 0.6 is 11.6 Å². The average molecular weight is 601 g/mol. The summed E-state index contributed by atoms with van der Waals surface area (Å²) >= 11 is 6.42. The monoisotopic (exact) mass is 600 g/mol. The Morgan fingerprint density at radius 2 is 1.70 bits per heavy atom. The lowest BCUT2D eigenvalue weighted by Crippen LogP contribution is -2.58. The third-order valence-corrected chi connectivity index (χ3v) is 8.52. The Hall–Kier alpha value is -4.19. The number of imide groups is 1. The van der Waals surface area contributed by atoms with Crippen molar-refractivity contribution in [2.24, 2.45) is 0 Å². The van der Waals surface area contributed by atoms with E-state index in [1.807, 2.05) is 30.3 Å². The largest absolute Gasteiger partial charge is 0.465 e. The smallest absolute Gasteiger partial charge is 0.337 e. The molecule has 4 rings (SSSR count). The number of hydrogen-bond donors (Lipinski definition) is 1. The second-order valence-electron chi connectivity index (χ2n) is 10.9. The Balaban J connectivity index is 1.58. The van der Waals surface area contributed by atoms with Gasteiger partial charge in [-0.3, -0.25) is 9.69 Å². The molecular formula is C34H37ClN4O4. The molecule has 8 nitrogen and oxygen atoms in total. The molecule has 0 bridgehead atoms. The second-order valence-corrected chi connectivity index (χ2v) is 11.3. The van der Waals surface area contributed by atoms with E-state index in [1.54, 1.807) is 42.5 Å². The highest BCUT2D eigenvalue weighted by atomic mass is 35.5. The number of carbonyl (C=O) groups is 3. The van der Waals surface area contributed by atoms with Gasteiger partial charge in [0.25, 0.3) is 5.91 Å².